The first-order chi connectivity index (χ1) is 15.4. The first-order valence-corrected chi connectivity index (χ1v) is 12.1. The molecule has 0 saturated carbocycles. The standard InChI is InChI=1S/C16H16N8O5S3/c1-6-17-19-16(32-6)31-3-7-9(14(27)28)24-10-11(13(24)26)23(5-29-12(7)10)8(25)4-30-15-18-20-21-22(15)2/h10-12H,3-5H2,1-2H3,(H,27,28)/t10-,11-,12?/m0/s1. The summed E-state index contributed by atoms with van der Waals surface area (Å²) < 4.78 is 8.07. The molecule has 2 aromatic rings. The monoisotopic (exact) mass is 496 g/mol. The molecule has 2 saturated heterocycles. The lowest BCUT2D eigenvalue weighted by Crippen LogP contribution is -2.75. The van der Waals surface area contributed by atoms with Gasteiger partial charge in [0.25, 0.3) is 5.91 Å². The van der Waals surface area contributed by atoms with Crippen molar-refractivity contribution in [3.05, 3.63) is 16.3 Å². The van der Waals surface area contributed by atoms with Crippen molar-refractivity contribution < 1.29 is 24.2 Å². The lowest BCUT2D eigenvalue weighted by molar-refractivity contribution is -0.192. The van der Waals surface area contributed by atoms with Crippen LogP contribution in [0.3, 0.4) is 0 Å². The number of thioether (sulfide) groups is 2. The number of carbonyl (C=O) groups excluding carboxylic acids is 2. The van der Waals surface area contributed by atoms with Gasteiger partial charge in [-0.15, -0.1) is 15.3 Å². The minimum atomic E-state index is -1.19. The summed E-state index contributed by atoms with van der Waals surface area (Å²) in [6.45, 7) is 1.74. The number of hydrogen-bond acceptors (Lipinski definition) is 12. The second kappa shape index (κ2) is 8.09. The van der Waals surface area contributed by atoms with E-state index in [1.165, 1.54) is 37.6 Å². The van der Waals surface area contributed by atoms with Crippen LogP contribution >= 0.6 is 34.9 Å². The van der Waals surface area contributed by atoms with Gasteiger partial charge < -0.3 is 14.7 Å². The van der Waals surface area contributed by atoms with Gasteiger partial charge in [-0.25, -0.2) is 9.48 Å². The smallest absolute Gasteiger partial charge is 0.352 e. The summed E-state index contributed by atoms with van der Waals surface area (Å²) in [5, 5.41) is 30.1. The topological polar surface area (TPSA) is 157 Å². The molecule has 5 heterocycles. The highest BCUT2D eigenvalue weighted by molar-refractivity contribution is 8.01. The van der Waals surface area contributed by atoms with Gasteiger partial charge in [0.05, 0.1) is 11.8 Å². The number of hydrogen-bond donors (Lipinski definition) is 1. The van der Waals surface area contributed by atoms with Gasteiger partial charge >= 0.3 is 5.97 Å². The molecule has 2 aromatic heterocycles. The zero-order valence-corrected chi connectivity index (χ0v) is 19.2. The zero-order chi connectivity index (χ0) is 22.6. The maximum atomic E-state index is 12.9. The molecule has 0 spiro atoms. The van der Waals surface area contributed by atoms with E-state index >= 15 is 0 Å². The third-order valence-electron chi connectivity index (χ3n) is 5.33. The first kappa shape index (κ1) is 21.3. The Morgan fingerprint density at radius 1 is 1.28 bits per heavy atom. The molecule has 3 aliphatic heterocycles. The highest BCUT2D eigenvalue weighted by Gasteiger charge is 2.65. The number of carboxylic acids is 1. The van der Waals surface area contributed by atoms with Gasteiger partial charge in [-0.1, -0.05) is 34.9 Å². The lowest BCUT2D eigenvalue weighted by Gasteiger charge is -2.52. The molecule has 16 heteroatoms. The van der Waals surface area contributed by atoms with Crippen LogP contribution in [0.2, 0.25) is 0 Å². The lowest BCUT2D eigenvalue weighted by atomic mass is 9.89. The van der Waals surface area contributed by atoms with Crippen molar-refractivity contribution >= 4 is 52.6 Å². The Balaban J connectivity index is 1.32. The summed E-state index contributed by atoms with van der Waals surface area (Å²) in [5.41, 5.74) is 0.451. The third kappa shape index (κ3) is 3.37. The van der Waals surface area contributed by atoms with E-state index in [0.29, 0.717) is 20.8 Å². The molecule has 2 fully saturated rings. The SMILES string of the molecule is Cc1nnc(SCC2=C(C(=O)O)N3C(=O)[C@@H]4[C@H]3C2OCN4C(=O)CSc2nnnn2C)s1. The van der Waals surface area contributed by atoms with Gasteiger partial charge in [-0.2, -0.15) is 0 Å². The average molecular weight is 497 g/mol. The van der Waals surface area contributed by atoms with E-state index in [4.69, 9.17) is 4.74 Å². The molecule has 1 unspecified atom stereocenters. The molecular weight excluding hydrogens is 480 g/mol. The minimum absolute atomic E-state index is 0.0249. The molecule has 0 aliphatic carbocycles. The normalized spacial score (nSPS) is 24.1. The van der Waals surface area contributed by atoms with Crippen molar-refractivity contribution in [3.8, 4) is 0 Å². The maximum Gasteiger partial charge on any atom is 0.352 e. The Labute approximate surface area is 193 Å². The van der Waals surface area contributed by atoms with Gasteiger partial charge in [0.2, 0.25) is 11.1 Å². The van der Waals surface area contributed by atoms with Crippen molar-refractivity contribution in [1.82, 2.24) is 40.2 Å². The highest BCUT2D eigenvalue weighted by Crippen LogP contribution is 2.46. The second-order valence-electron chi connectivity index (χ2n) is 7.15. The van der Waals surface area contributed by atoms with Crippen LogP contribution in [0.4, 0.5) is 0 Å². The summed E-state index contributed by atoms with van der Waals surface area (Å²) in [4.78, 5) is 40.3. The molecule has 0 aromatic carbocycles. The highest BCUT2D eigenvalue weighted by atomic mass is 32.2. The van der Waals surface area contributed by atoms with Gasteiger partial charge in [-0.3, -0.25) is 14.5 Å². The number of tetrazole rings is 1. The zero-order valence-electron chi connectivity index (χ0n) is 16.7. The molecular formula is C16H16N8O5S3. The molecule has 1 N–H and O–H groups in total. The number of aliphatic carboxylic acids is 1. The van der Waals surface area contributed by atoms with Gasteiger partial charge in [0.1, 0.15) is 29.6 Å². The Hall–Kier alpha value is -2.56. The van der Waals surface area contributed by atoms with Crippen LogP contribution in [-0.4, -0.2) is 99.5 Å². The van der Waals surface area contributed by atoms with E-state index in [2.05, 4.69) is 25.7 Å². The fourth-order valence-electron chi connectivity index (χ4n) is 3.96. The summed E-state index contributed by atoms with van der Waals surface area (Å²) in [6.07, 6.45) is -0.579. The predicted molar refractivity (Wildman–Crippen MR) is 111 cm³/mol. The van der Waals surface area contributed by atoms with Crippen LogP contribution in [0.25, 0.3) is 0 Å². The molecule has 5 rings (SSSR count). The van der Waals surface area contributed by atoms with Crippen LogP contribution in [0.1, 0.15) is 5.01 Å². The summed E-state index contributed by atoms with van der Waals surface area (Å²) >= 11 is 3.91. The van der Waals surface area contributed by atoms with Crippen molar-refractivity contribution in [2.45, 2.75) is 34.6 Å². The molecule has 168 valence electrons. The van der Waals surface area contributed by atoms with E-state index in [9.17, 15) is 19.5 Å². The fraction of sp³-hybridized carbons (Fsp3) is 0.500. The number of carboxylic acid groups (broad SMARTS) is 1. The van der Waals surface area contributed by atoms with Crippen LogP contribution in [0, 0.1) is 6.92 Å². The summed E-state index contributed by atoms with van der Waals surface area (Å²) in [7, 11) is 1.66. The van der Waals surface area contributed by atoms with Crippen LogP contribution in [0.15, 0.2) is 20.8 Å². The molecule has 2 amide bonds. The van der Waals surface area contributed by atoms with Crippen LogP contribution < -0.4 is 0 Å². The summed E-state index contributed by atoms with van der Waals surface area (Å²) in [5.74, 6) is -1.58. The number of carbonyl (C=O) groups is 3. The van der Waals surface area contributed by atoms with Crippen molar-refractivity contribution in [1.29, 1.82) is 0 Å². The molecule has 0 bridgehead atoms. The van der Waals surface area contributed by atoms with Crippen molar-refractivity contribution in [2.24, 2.45) is 7.05 Å². The fourth-order valence-corrected chi connectivity index (χ4v) is 6.56. The van der Waals surface area contributed by atoms with Crippen LogP contribution in [-0.2, 0) is 26.2 Å². The van der Waals surface area contributed by atoms with E-state index < -0.39 is 30.1 Å². The Kier molecular flexibility index (Phi) is 5.39. The third-order valence-corrected chi connectivity index (χ3v) is 8.34. The van der Waals surface area contributed by atoms with Crippen molar-refractivity contribution in [3.63, 3.8) is 0 Å². The number of amides is 2. The first-order valence-electron chi connectivity index (χ1n) is 9.35. The molecule has 0 radical (unpaired) electrons. The van der Waals surface area contributed by atoms with E-state index in [0.717, 1.165) is 16.8 Å². The predicted octanol–water partition coefficient (Wildman–Crippen LogP) is -0.629. The largest absolute Gasteiger partial charge is 0.477 e. The van der Waals surface area contributed by atoms with E-state index in [-0.39, 0.29) is 24.1 Å². The average Bonchev–Trinajstić information content (AvgIpc) is 3.45. The molecule has 13 nitrogen and oxygen atoms in total. The Morgan fingerprint density at radius 3 is 2.75 bits per heavy atom. The van der Waals surface area contributed by atoms with Gasteiger partial charge in [-0.05, 0) is 17.4 Å². The Morgan fingerprint density at radius 2 is 2.09 bits per heavy atom. The quantitative estimate of drug-likeness (QED) is 0.383. The number of nitrogens with zero attached hydrogens (tertiary/aromatic N) is 8. The second-order valence-corrected chi connectivity index (χ2v) is 10.5. The van der Waals surface area contributed by atoms with E-state index in [1.807, 2.05) is 6.92 Å². The molecule has 32 heavy (non-hydrogen) atoms. The van der Waals surface area contributed by atoms with Gasteiger partial charge in [0, 0.05) is 18.4 Å². The minimum Gasteiger partial charge on any atom is -0.477 e. The number of ether oxygens (including phenoxy) is 1. The number of β-lactam (4-membered cyclic amide) rings is 1. The number of aryl methyl sites for hydroxylation is 2. The number of rotatable bonds is 7. The van der Waals surface area contributed by atoms with Gasteiger partial charge in [0.15, 0.2) is 4.34 Å². The molecule has 3 atom stereocenters. The maximum absolute atomic E-state index is 12.9. The number of aromatic nitrogens is 6. The van der Waals surface area contributed by atoms with Crippen LogP contribution in [0.5, 0.6) is 0 Å². The van der Waals surface area contributed by atoms with E-state index in [1.54, 1.807) is 7.05 Å². The van der Waals surface area contributed by atoms with Crippen molar-refractivity contribution in [2.75, 3.05) is 18.2 Å². The Bertz CT molecular complexity index is 1150. The summed E-state index contributed by atoms with van der Waals surface area (Å²) in [6, 6.07) is -1.29. The molecule has 3 aliphatic rings.